The van der Waals surface area contributed by atoms with Gasteiger partial charge in [-0.2, -0.15) is 0 Å². The Bertz CT molecular complexity index is 908. The molecule has 0 spiro atoms. The third-order valence-electron chi connectivity index (χ3n) is 3.89. The Morgan fingerprint density at radius 1 is 0.833 bits per heavy atom. The van der Waals surface area contributed by atoms with Crippen LogP contribution in [0, 0.1) is 0 Å². The van der Waals surface area contributed by atoms with Gasteiger partial charge >= 0.3 is 11.9 Å². The van der Waals surface area contributed by atoms with E-state index >= 15 is 0 Å². The summed E-state index contributed by atoms with van der Waals surface area (Å²) in [7, 11) is 0. The number of hydrogen-bond acceptors (Lipinski definition) is 6. The minimum absolute atomic E-state index is 0.208. The SMILES string of the molecule is CCCCOC(=O)c1ccc(NC(=O)COC(=O)c2cccc(NC(C)=O)c2)cc1. The molecule has 0 aliphatic carbocycles. The molecule has 0 aliphatic rings. The van der Waals surface area contributed by atoms with Crippen molar-refractivity contribution in [1.29, 1.82) is 0 Å². The highest BCUT2D eigenvalue weighted by Gasteiger charge is 2.12. The first kappa shape index (κ1) is 22.6. The van der Waals surface area contributed by atoms with Gasteiger partial charge in [0.15, 0.2) is 6.61 Å². The monoisotopic (exact) mass is 412 g/mol. The number of carbonyl (C=O) groups excluding carboxylic acids is 4. The maximum Gasteiger partial charge on any atom is 0.338 e. The van der Waals surface area contributed by atoms with Crippen LogP contribution in [0.25, 0.3) is 0 Å². The van der Waals surface area contributed by atoms with E-state index in [1.165, 1.54) is 19.1 Å². The minimum atomic E-state index is -0.692. The molecular formula is C22H24N2O6. The highest BCUT2D eigenvalue weighted by Crippen LogP contribution is 2.13. The first-order chi connectivity index (χ1) is 14.4. The van der Waals surface area contributed by atoms with Crippen LogP contribution in [0.15, 0.2) is 48.5 Å². The number of amides is 2. The average molecular weight is 412 g/mol. The maximum atomic E-state index is 12.1. The standard InChI is InChI=1S/C22H24N2O6/c1-3-4-12-29-21(27)16-8-10-18(11-9-16)24-20(26)14-30-22(28)17-6-5-7-19(13-17)23-15(2)25/h5-11,13H,3-4,12,14H2,1-2H3,(H,23,25)(H,24,26). The Kier molecular flexibility index (Phi) is 8.56. The average Bonchev–Trinajstić information content (AvgIpc) is 2.72. The van der Waals surface area contributed by atoms with Crippen molar-refractivity contribution in [3.8, 4) is 0 Å². The normalized spacial score (nSPS) is 10.1. The Morgan fingerprint density at radius 3 is 2.20 bits per heavy atom. The third-order valence-corrected chi connectivity index (χ3v) is 3.89. The molecule has 0 fully saturated rings. The predicted molar refractivity (Wildman–Crippen MR) is 111 cm³/mol. The van der Waals surface area contributed by atoms with Crippen molar-refractivity contribution in [2.75, 3.05) is 23.8 Å². The fraction of sp³-hybridized carbons (Fsp3) is 0.273. The molecule has 2 amide bonds. The van der Waals surface area contributed by atoms with Crippen molar-refractivity contribution in [2.45, 2.75) is 26.7 Å². The lowest BCUT2D eigenvalue weighted by Gasteiger charge is -2.09. The van der Waals surface area contributed by atoms with Crippen LogP contribution in [0.2, 0.25) is 0 Å². The van der Waals surface area contributed by atoms with Crippen LogP contribution in [0.4, 0.5) is 11.4 Å². The van der Waals surface area contributed by atoms with E-state index < -0.39 is 24.5 Å². The molecule has 0 unspecified atom stereocenters. The second kappa shape index (κ2) is 11.4. The smallest absolute Gasteiger partial charge is 0.338 e. The molecule has 0 heterocycles. The summed E-state index contributed by atoms with van der Waals surface area (Å²) in [6.07, 6.45) is 1.74. The lowest BCUT2D eigenvalue weighted by atomic mass is 10.2. The van der Waals surface area contributed by atoms with Gasteiger partial charge in [0, 0.05) is 18.3 Å². The molecule has 2 aromatic carbocycles. The Balaban J connectivity index is 1.83. The summed E-state index contributed by atoms with van der Waals surface area (Å²) in [5, 5.41) is 5.14. The predicted octanol–water partition coefficient (Wildman–Crippen LogP) is 3.40. The molecule has 0 aromatic heterocycles. The van der Waals surface area contributed by atoms with E-state index in [2.05, 4.69) is 10.6 Å². The van der Waals surface area contributed by atoms with Gasteiger partial charge in [0.25, 0.3) is 5.91 Å². The summed E-state index contributed by atoms with van der Waals surface area (Å²) in [5.74, 6) is -1.90. The molecule has 2 N–H and O–H groups in total. The van der Waals surface area contributed by atoms with Crippen molar-refractivity contribution in [3.05, 3.63) is 59.7 Å². The highest BCUT2D eigenvalue weighted by atomic mass is 16.5. The quantitative estimate of drug-likeness (QED) is 0.482. The Hall–Kier alpha value is -3.68. The summed E-state index contributed by atoms with van der Waals surface area (Å²) in [6.45, 7) is 3.25. The van der Waals surface area contributed by atoms with Crippen LogP contribution in [-0.4, -0.2) is 37.0 Å². The lowest BCUT2D eigenvalue weighted by molar-refractivity contribution is -0.119. The van der Waals surface area contributed by atoms with Gasteiger partial charge in [0.1, 0.15) is 0 Å². The molecule has 0 aliphatic heterocycles. The molecule has 0 saturated heterocycles. The molecule has 0 atom stereocenters. The number of benzene rings is 2. The first-order valence-corrected chi connectivity index (χ1v) is 9.51. The zero-order chi connectivity index (χ0) is 21.9. The van der Waals surface area contributed by atoms with E-state index in [1.54, 1.807) is 36.4 Å². The van der Waals surface area contributed by atoms with Crippen LogP contribution >= 0.6 is 0 Å². The summed E-state index contributed by atoms with van der Waals surface area (Å²) >= 11 is 0. The van der Waals surface area contributed by atoms with Gasteiger partial charge in [0.05, 0.1) is 17.7 Å². The number of anilines is 2. The summed E-state index contributed by atoms with van der Waals surface area (Å²) in [6, 6.07) is 12.4. The molecule has 0 saturated carbocycles. The second-order valence-corrected chi connectivity index (χ2v) is 6.45. The molecule has 2 aromatic rings. The molecule has 0 radical (unpaired) electrons. The van der Waals surface area contributed by atoms with E-state index in [4.69, 9.17) is 9.47 Å². The number of hydrogen-bond donors (Lipinski definition) is 2. The molecular weight excluding hydrogens is 388 g/mol. The summed E-state index contributed by atoms with van der Waals surface area (Å²) < 4.78 is 10.1. The molecule has 8 nitrogen and oxygen atoms in total. The van der Waals surface area contributed by atoms with Gasteiger partial charge in [0.2, 0.25) is 5.91 Å². The van der Waals surface area contributed by atoms with Crippen LogP contribution < -0.4 is 10.6 Å². The fourth-order valence-corrected chi connectivity index (χ4v) is 2.42. The maximum absolute atomic E-state index is 12.1. The molecule has 8 heteroatoms. The van der Waals surface area contributed by atoms with Crippen molar-refractivity contribution in [1.82, 2.24) is 0 Å². The van der Waals surface area contributed by atoms with Gasteiger partial charge < -0.3 is 20.1 Å². The number of carbonyl (C=O) groups is 4. The van der Waals surface area contributed by atoms with E-state index in [1.807, 2.05) is 6.92 Å². The van der Waals surface area contributed by atoms with Crippen molar-refractivity contribution in [2.24, 2.45) is 0 Å². The largest absolute Gasteiger partial charge is 0.462 e. The number of unbranched alkanes of at least 4 members (excludes halogenated alkanes) is 1. The highest BCUT2D eigenvalue weighted by molar-refractivity contribution is 5.97. The third kappa shape index (κ3) is 7.38. The number of rotatable bonds is 9. The van der Waals surface area contributed by atoms with Crippen molar-refractivity contribution < 1.29 is 28.7 Å². The zero-order valence-corrected chi connectivity index (χ0v) is 16.9. The number of ether oxygens (including phenoxy) is 2. The second-order valence-electron chi connectivity index (χ2n) is 6.45. The molecule has 2 rings (SSSR count). The summed E-state index contributed by atoms with van der Waals surface area (Å²) in [4.78, 5) is 47.1. The molecule has 158 valence electrons. The van der Waals surface area contributed by atoms with Crippen LogP contribution in [0.1, 0.15) is 47.4 Å². The van der Waals surface area contributed by atoms with Crippen LogP contribution in [-0.2, 0) is 19.1 Å². The number of nitrogens with one attached hydrogen (secondary N) is 2. The first-order valence-electron chi connectivity index (χ1n) is 9.51. The zero-order valence-electron chi connectivity index (χ0n) is 16.9. The van der Waals surface area contributed by atoms with Crippen LogP contribution in [0.3, 0.4) is 0 Å². The van der Waals surface area contributed by atoms with E-state index in [0.29, 0.717) is 23.5 Å². The van der Waals surface area contributed by atoms with Gasteiger partial charge in [-0.3, -0.25) is 9.59 Å². The van der Waals surface area contributed by atoms with Crippen molar-refractivity contribution >= 4 is 35.1 Å². The molecule has 30 heavy (non-hydrogen) atoms. The lowest BCUT2D eigenvalue weighted by Crippen LogP contribution is -2.21. The van der Waals surface area contributed by atoms with Crippen LogP contribution in [0.5, 0.6) is 0 Å². The van der Waals surface area contributed by atoms with Gasteiger partial charge in [-0.25, -0.2) is 9.59 Å². The van der Waals surface area contributed by atoms with Gasteiger partial charge in [-0.05, 0) is 48.9 Å². The fourth-order valence-electron chi connectivity index (χ4n) is 2.42. The minimum Gasteiger partial charge on any atom is -0.462 e. The van der Waals surface area contributed by atoms with Gasteiger partial charge in [-0.1, -0.05) is 19.4 Å². The van der Waals surface area contributed by atoms with Crippen molar-refractivity contribution in [3.63, 3.8) is 0 Å². The Morgan fingerprint density at radius 2 is 1.53 bits per heavy atom. The molecule has 0 bridgehead atoms. The van der Waals surface area contributed by atoms with Gasteiger partial charge in [-0.15, -0.1) is 0 Å². The van der Waals surface area contributed by atoms with E-state index in [0.717, 1.165) is 12.8 Å². The summed E-state index contributed by atoms with van der Waals surface area (Å²) in [5.41, 5.74) is 1.50. The van der Waals surface area contributed by atoms with E-state index in [-0.39, 0.29) is 11.5 Å². The number of esters is 2. The topological polar surface area (TPSA) is 111 Å². The van der Waals surface area contributed by atoms with E-state index in [9.17, 15) is 19.2 Å². The Labute approximate surface area is 174 Å².